The third-order valence-corrected chi connectivity index (χ3v) is 3.63. The smallest absolute Gasteiger partial charge is 0.271 e. The van der Waals surface area contributed by atoms with Gasteiger partial charge in [-0.15, -0.1) is 0 Å². The molecule has 3 N–H and O–H groups in total. The molecule has 0 aliphatic rings. The lowest BCUT2D eigenvalue weighted by Gasteiger charge is -2.08. The normalized spacial score (nSPS) is 10.2. The number of aryl methyl sites for hydroxylation is 1. The van der Waals surface area contributed by atoms with Crippen molar-refractivity contribution >= 4 is 38.9 Å². The number of hydrogen-bond acceptors (Lipinski definition) is 4. The minimum absolute atomic E-state index is 0.0954. The molecule has 0 radical (unpaired) electrons. The molecule has 0 bridgehead atoms. The molecule has 2 aromatic carbocycles. The topological polar surface area (TPSA) is 98.3 Å². The van der Waals surface area contributed by atoms with E-state index in [0.29, 0.717) is 21.4 Å². The van der Waals surface area contributed by atoms with Crippen molar-refractivity contribution in [2.24, 2.45) is 0 Å². The molecule has 0 fully saturated rings. The summed E-state index contributed by atoms with van der Waals surface area (Å²) in [6, 6.07) is 9.08. The van der Waals surface area contributed by atoms with Crippen molar-refractivity contribution in [3.8, 4) is 0 Å². The lowest BCUT2D eigenvalue weighted by Crippen LogP contribution is -2.13. The third-order valence-electron chi connectivity index (χ3n) is 2.94. The molecule has 7 heteroatoms. The van der Waals surface area contributed by atoms with E-state index in [1.165, 1.54) is 18.2 Å². The number of nitrogen functional groups attached to an aromatic ring is 1. The first-order valence-electron chi connectivity index (χ1n) is 6.00. The van der Waals surface area contributed by atoms with Gasteiger partial charge in [0.05, 0.1) is 10.6 Å². The number of nitro benzene ring substituents is 1. The number of benzene rings is 2. The summed E-state index contributed by atoms with van der Waals surface area (Å²) in [7, 11) is 0. The third kappa shape index (κ3) is 3.38. The highest BCUT2D eigenvalue weighted by molar-refractivity contribution is 9.10. The summed E-state index contributed by atoms with van der Waals surface area (Å²) in [6.45, 7) is 1.80. The quantitative estimate of drug-likeness (QED) is 0.503. The van der Waals surface area contributed by atoms with Crippen molar-refractivity contribution in [3.05, 3.63) is 62.1 Å². The predicted octanol–water partition coefficient (Wildman–Crippen LogP) is 3.50. The minimum atomic E-state index is -0.518. The fourth-order valence-corrected chi connectivity index (χ4v) is 2.08. The van der Waals surface area contributed by atoms with Crippen LogP contribution in [0, 0.1) is 17.0 Å². The molecule has 1 amide bonds. The second-order valence-electron chi connectivity index (χ2n) is 4.45. The highest BCUT2D eigenvalue weighted by Crippen LogP contribution is 2.27. The van der Waals surface area contributed by atoms with Gasteiger partial charge in [-0.05, 0) is 52.7 Å². The second kappa shape index (κ2) is 5.92. The van der Waals surface area contributed by atoms with Gasteiger partial charge in [0, 0.05) is 27.9 Å². The zero-order valence-corrected chi connectivity index (χ0v) is 12.7. The maximum Gasteiger partial charge on any atom is 0.271 e. The fourth-order valence-electron chi connectivity index (χ4n) is 1.73. The molecule has 0 unspecified atom stereocenters. The number of non-ortho nitro benzene ring substituents is 1. The summed E-state index contributed by atoms with van der Waals surface area (Å²) >= 11 is 3.25. The van der Waals surface area contributed by atoms with Gasteiger partial charge in [-0.2, -0.15) is 0 Å². The number of nitro groups is 1. The zero-order chi connectivity index (χ0) is 15.6. The molecule has 0 saturated carbocycles. The zero-order valence-electron chi connectivity index (χ0n) is 11.1. The Morgan fingerprint density at radius 3 is 2.62 bits per heavy atom. The molecule has 2 rings (SSSR count). The van der Waals surface area contributed by atoms with Crippen molar-refractivity contribution < 1.29 is 9.72 Å². The number of carbonyl (C=O) groups is 1. The van der Waals surface area contributed by atoms with Crippen molar-refractivity contribution in [2.75, 3.05) is 11.1 Å². The molecule has 0 heterocycles. The van der Waals surface area contributed by atoms with Crippen LogP contribution in [0.2, 0.25) is 0 Å². The number of nitrogens with two attached hydrogens (primary N) is 1. The highest BCUT2D eigenvalue weighted by atomic mass is 79.9. The van der Waals surface area contributed by atoms with Crippen LogP contribution in [0.1, 0.15) is 15.9 Å². The minimum Gasteiger partial charge on any atom is -0.399 e. The molecule has 0 aliphatic carbocycles. The van der Waals surface area contributed by atoms with Crippen molar-refractivity contribution in [2.45, 2.75) is 6.92 Å². The molecule has 108 valence electrons. The van der Waals surface area contributed by atoms with Crippen LogP contribution in [0.15, 0.2) is 40.9 Å². The van der Waals surface area contributed by atoms with Gasteiger partial charge in [0.15, 0.2) is 0 Å². The summed E-state index contributed by atoms with van der Waals surface area (Å²) < 4.78 is 0.564. The van der Waals surface area contributed by atoms with E-state index in [9.17, 15) is 14.9 Å². The van der Waals surface area contributed by atoms with Crippen LogP contribution in [0.4, 0.5) is 17.1 Å². The van der Waals surface area contributed by atoms with E-state index in [2.05, 4.69) is 21.2 Å². The maximum absolute atomic E-state index is 12.2. The molecule has 0 aromatic heterocycles. The Kier molecular flexibility index (Phi) is 4.23. The average molecular weight is 350 g/mol. The molecular weight excluding hydrogens is 338 g/mol. The van der Waals surface area contributed by atoms with Crippen LogP contribution in [0.25, 0.3) is 0 Å². The predicted molar refractivity (Wildman–Crippen MR) is 84.3 cm³/mol. The average Bonchev–Trinajstić information content (AvgIpc) is 2.43. The summed E-state index contributed by atoms with van der Waals surface area (Å²) in [6.07, 6.45) is 0. The van der Waals surface area contributed by atoms with Crippen molar-refractivity contribution in [1.29, 1.82) is 0 Å². The first-order chi connectivity index (χ1) is 9.88. The molecule has 0 aliphatic heterocycles. The van der Waals surface area contributed by atoms with Crippen molar-refractivity contribution in [3.63, 3.8) is 0 Å². The molecule has 2 aromatic rings. The molecule has 0 spiro atoms. The summed E-state index contributed by atoms with van der Waals surface area (Å²) in [5.74, 6) is -0.362. The Hall–Kier alpha value is -2.41. The number of nitrogens with one attached hydrogen (secondary N) is 1. The fraction of sp³-hybridized carbons (Fsp3) is 0.0714. The van der Waals surface area contributed by atoms with E-state index >= 15 is 0 Å². The first-order valence-corrected chi connectivity index (χ1v) is 6.79. The molecule has 21 heavy (non-hydrogen) atoms. The van der Waals surface area contributed by atoms with Gasteiger partial charge in [0.25, 0.3) is 11.6 Å². The van der Waals surface area contributed by atoms with E-state index < -0.39 is 4.92 Å². The summed E-state index contributed by atoms with van der Waals surface area (Å²) in [5.41, 5.74) is 7.77. The van der Waals surface area contributed by atoms with E-state index in [4.69, 9.17) is 5.73 Å². The number of anilines is 2. The number of halogens is 1. The number of nitrogens with zero attached hydrogens (tertiary/aromatic N) is 1. The van der Waals surface area contributed by atoms with Gasteiger partial charge < -0.3 is 11.1 Å². The largest absolute Gasteiger partial charge is 0.399 e. The molecule has 0 atom stereocenters. The van der Waals surface area contributed by atoms with Gasteiger partial charge in [0.1, 0.15) is 0 Å². The Labute approximate surface area is 129 Å². The Bertz CT molecular complexity index is 731. The number of carbonyl (C=O) groups excluding carboxylic acids is 1. The lowest BCUT2D eigenvalue weighted by molar-refractivity contribution is -0.384. The maximum atomic E-state index is 12.2. The standard InChI is InChI=1S/C14H12BrN3O3/c1-8-6-9(2-5-12(8)16)14(19)17-13-7-10(18(20)21)3-4-11(13)15/h2-7H,16H2,1H3,(H,17,19). The van der Waals surface area contributed by atoms with Crippen molar-refractivity contribution in [1.82, 2.24) is 0 Å². The van der Waals surface area contributed by atoms with E-state index in [1.54, 1.807) is 25.1 Å². The van der Waals surface area contributed by atoms with E-state index in [1.807, 2.05) is 0 Å². The first kappa shape index (κ1) is 15.0. The van der Waals surface area contributed by atoms with Crippen LogP contribution in [0.5, 0.6) is 0 Å². The van der Waals surface area contributed by atoms with E-state index in [-0.39, 0.29) is 11.6 Å². The van der Waals surface area contributed by atoms with Crippen LogP contribution < -0.4 is 11.1 Å². The SMILES string of the molecule is Cc1cc(C(=O)Nc2cc([N+](=O)[O-])ccc2Br)ccc1N. The van der Waals surface area contributed by atoms with Crippen LogP contribution in [-0.2, 0) is 0 Å². The number of hydrogen-bond donors (Lipinski definition) is 2. The summed E-state index contributed by atoms with van der Waals surface area (Å²) in [5, 5.41) is 13.4. The van der Waals surface area contributed by atoms with E-state index in [0.717, 1.165) is 5.56 Å². The number of rotatable bonds is 3. The Morgan fingerprint density at radius 2 is 2.00 bits per heavy atom. The molecule has 6 nitrogen and oxygen atoms in total. The molecule has 0 saturated heterocycles. The van der Waals surface area contributed by atoms with Crippen LogP contribution in [0.3, 0.4) is 0 Å². The molecular formula is C14H12BrN3O3. The van der Waals surface area contributed by atoms with Gasteiger partial charge in [0.2, 0.25) is 0 Å². The summed E-state index contributed by atoms with van der Waals surface area (Å²) in [4.78, 5) is 22.4. The Balaban J connectivity index is 2.28. The second-order valence-corrected chi connectivity index (χ2v) is 5.30. The Morgan fingerprint density at radius 1 is 1.29 bits per heavy atom. The lowest BCUT2D eigenvalue weighted by atomic mass is 10.1. The van der Waals surface area contributed by atoms with Gasteiger partial charge in [-0.1, -0.05) is 0 Å². The van der Waals surface area contributed by atoms with Gasteiger partial charge in [-0.3, -0.25) is 14.9 Å². The van der Waals surface area contributed by atoms with Crippen LogP contribution in [-0.4, -0.2) is 10.8 Å². The number of amides is 1. The van der Waals surface area contributed by atoms with Crippen LogP contribution >= 0.6 is 15.9 Å². The highest BCUT2D eigenvalue weighted by Gasteiger charge is 2.13. The monoisotopic (exact) mass is 349 g/mol. The van der Waals surface area contributed by atoms with Gasteiger partial charge >= 0.3 is 0 Å². The van der Waals surface area contributed by atoms with Gasteiger partial charge in [-0.25, -0.2) is 0 Å².